The van der Waals surface area contributed by atoms with Crippen molar-refractivity contribution in [2.45, 2.75) is 46.1 Å². The number of pyridine rings is 1. The number of aromatic nitrogens is 4. The number of carbonyl (C=O) groups is 3. The standard InChI is InChI=1S/C36H46N8O6S/c1-22-28(20-41(3)40-22)36(47)44-13-12-42(32(46)15-26-21-51-23(2)38-26)11-9-31(45)37-17-24-8-7-10-43(18-24)35-25(19-44)14-27-29(39-35)16-30(48-4)34(50-6)33(27)49-5/h14,16,20-21,24H,7-13,15,17-19H2,1-6H3,(H,37,45). The van der Waals surface area contributed by atoms with E-state index in [0.29, 0.717) is 58.2 Å². The molecule has 5 heterocycles. The number of nitrogens with one attached hydrogen (secondary N) is 1. The van der Waals surface area contributed by atoms with Crippen molar-refractivity contribution in [3.8, 4) is 17.2 Å². The molecule has 0 spiro atoms. The maximum absolute atomic E-state index is 14.4. The van der Waals surface area contributed by atoms with Crippen LogP contribution in [-0.2, 0) is 29.6 Å². The Hall–Kier alpha value is -4.92. The molecular formula is C36H46N8O6S. The number of amides is 3. The van der Waals surface area contributed by atoms with E-state index in [9.17, 15) is 14.4 Å². The van der Waals surface area contributed by atoms with E-state index < -0.39 is 0 Å². The minimum Gasteiger partial charge on any atom is -0.493 e. The molecule has 1 aromatic carbocycles. The van der Waals surface area contributed by atoms with Crippen molar-refractivity contribution < 1.29 is 28.6 Å². The summed E-state index contributed by atoms with van der Waals surface area (Å²) in [4.78, 5) is 56.7. The van der Waals surface area contributed by atoms with E-state index in [1.54, 1.807) is 49.1 Å². The summed E-state index contributed by atoms with van der Waals surface area (Å²) in [7, 11) is 6.50. The van der Waals surface area contributed by atoms with Gasteiger partial charge >= 0.3 is 0 Å². The van der Waals surface area contributed by atoms with Crippen molar-refractivity contribution in [2.24, 2.45) is 13.0 Å². The third kappa shape index (κ3) is 7.87. The Bertz CT molecular complexity index is 1920. The molecule has 1 fully saturated rings. The summed E-state index contributed by atoms with van der Waals surface area (Å²) in [6, 6.07) is 3.86. The molecule has 1 atom stereocenters. The van der Waals surface area contributed by atoms with Crippen LogP contribution in [0.5, 0.6) is 17.2 Å². The summed E-state index contributed by atoms with van der Waals surface area (Å²) >= 11 is 1.49. The molecule has 2 aliphatic rings. The van der Waals surface area contributed by atoms with Crippen LogP contribution < -0.4 is 24.4 Å². The van der Waals surface area contributed by atoms with Crippen LogP contribution in [0.3, 0.4) is 0 Å². The Morgan fingerprint density at radius 2 is 1.78 bits per heavy atom. The Labute approximate surface area is 301 Å². The Kier molecular flexibility index (Phi) is 10.9. The lowest BCUT2D eigenvalue weighted by Gasteiger charge is -2.35. The van der Waals surface area contributed by atoms with Gasteiger partial charge in [0.2, 0.25) is 17.6 Å². The molecule has 3 amide bonds. The van der Waals surface area contributed by atoms with Crippen LogP contribution >= 0.6 is 11.3 Å². The molecule has 2 aliphatic heterocycles. The first-order valence-electron chi connectivity index (χ1n) is 17.2. The van der Waals surface area contributed by atoms with Crippen molar-refractivity contribution in [1.82, 2.24) is 34.9 Å². The van der Waals surface area contributed by atoms with E-state index in [2.05, 4.69) is 20.3 Å². The molecule has 0 aliphatic carbocycles. The van der Waals surface area contributed by atoms with Crippen LogP contribution in [0.25, 0.3) is 10.9 Å². The molecule has 272 valence electrons. The number of thiazole rings is 1. The minimum absolute atomic E-state index is 0.110. The monoisotopic (exact) mass is 718 g/mol. The van der Waals surface area contributed by atoms with E-state index in [1.807, 2.05) is 31.4 Å². The van der Waals surface area contributed by atoms with Gasteiger partial charge in [-0.1, -0.05) is 0 Å². The average Bonchev–Trinajstić information content (AvgIpc) is 3.70. The number of carbonyl (C=O) groups excluding carboxylic acids is 3. The number of anilines is 1. The Balaban J connectivity index is 1.46. The molecule has 51 heavy (non-hydrogen) atoms. The molecule has 15 heteroatoms. The molecular weight excluding hydrogens is 673 g/mol. The van der Waals surface area contributed by atoms with E-state index >= 15 is 0 Å². The lowest BCUT2D eigenvalue weighted by atomic mass is 9.97. The second-order valence-corrected chi connectivity index (χ2v) is 14.2. The highest BCUT2D eigenvalue weighted by Gasteiger charge is 2.29. The minimum atomic E-state index is -0.216. The molecule has 3 aromatic heterocycles. The summed E-state index contributed by atoms with van der Waals surface area (Å²) in [6.45, 7) is 6.55. The highest BCUT2D eigenvalue weighted by atomic mass is 32.1. The maximum Gasteiger partial charge on any atom is 0.257 e. The molecule has 0 radical (unpaired) electrons. The van der Waals surface area contributed by atoms with Crippen molar-refractivity contribution in [3.05, 3.63) is 51.2 Å². The molecule has 14 nitrogen and oxygen atoms in total. The van der Waals surface area contributed by atoms with Crippen LogP contribution in [0, 0.1) is 19.8 Å². The summed E-state index contributed by atoms with van der Waals surface area (Å²) in [5.74, 6) is 1.88. The summed E-state index contributed by atoms with van der Waals surface area (Å²) in [5.41, 5.74) is 3.25. The van der Waals surface area contributed by atoms with E-state index in [4.69, 9.17) is 19.2 Å². The van der Waals surface area contributed by atoms with Crippen molar-refractivity contribution in [1.29, 1.82) is 0 Å². The number of nitrogens with zero attached hydrogens (tertiary/aromatic N) is 7. The zero-order valence-electron chi connectivity index (χ0n) is 30.2. The second kappa shape index (κ2) is 15.5. The van der Waals surface area contributed by atoms with E-state index in [1.165, 1.54) is 11.3 Å². The lowest BCUT2D eigenvalue weighted by Crippen LogP contribution is -2.43. The predicted molar refractivity (Wildman–Crippen MR) is 194 cm³/mol. The molecule has 1 N–H and O–H groups in total. The first kappa shape index (κ1) is 35.9. The van der Waals surface area contributed by atoms with E-state index in [0.717, 1.165) is 35.8 Å². The normalized spacial score (nSPS) is 17.3. The average molecular weight is 719 g/mol. The number of aryl methyl sites for hydroxylation is 3. The summed E-state index contributed by atoms with van der Waals surface area (Å²) in [6.07, 6.45) is 3.87. The molecule has 4 aromatic rings. The van der Waals surface area contributed by atoms with Gasteiger partial charge in [0.1, 0.15) is 5.82 Å². The largest absolute Gasteiger partial charge is 0.493 e. The van der Waals surface area contributed by atoms with Crippen molar-refractivity contribution in [2.75, 3.05) is 65.5 Å². The van der Waals surface area contributed by atoms with Crippen LogP contribution in [0.15, 0.2) is 23.7 Å². The highest BCUT2D eigenvalue weighted by Crippen LogP contribution is 2.44. The fourth-order valence-corrected chi connectivity index (χ4v) is 7.63. The van der Waals surface area contributed by atoms with Crippen molar-refractivity contribution in [3.63, 3.8) is 0 Å². The first-order chi connectivity index (χ1) is 24.6. The van der Waals surface area contributed by atoms with Gasteiger partial charge in [-0.15, -0.1) is 11.3 Å². The fourth-order valence-electron chi connectivity index (χ4n) is 7.02. The van der Waals surface area contributed by atoms with E-state index in [-0.39, 0.29) is 62.7 Å². The third-order valence-electron chi connectivity index (χ3n) is 9.58. The van der Waals surface area contributed by atoms with Crippen LogP contribution in [-0.4, -0.2) is 108 Å². The molecule has 6 rings (SSSR count). The molecule has 0 saturated carbocycles. The molecule has 2 bridgehead atoms. The van der Waals surface area contributed by atoms with Gasteiger partial charge in [0.15, 0.2) is 11.5 Å². The number of hydrogen-bond donors (Lipinski definition) is 1. The van der Waals surface area contributed by atoms with Gasteiger partial charge in [0, 0.05) is 87.9 Å². The lowest BCUT2D eigenvalue weighted by molar-refractivity contribution is -0.131. The molecule has 1 unspecified atom stereocenters. The number of hydrogen-bond acceptors (Lipinski definition) is 11. The Morgan fingerprint density at radius 3 is 2.47 bits per heavy atom. The first-order valence-corrected chi connectivity index (χ1v) is 18.1. The van der Waals surface area contributed by atoms with Crippen molar-refractivity contribution >= 4 is 45.8 Å². The van der Waals surface area contributed by atoms with Gasteiger partial charge in [0.05, 0.1) is 55.2 Å². The Morgan fingerprint density at radius 1 is 1.00 bits per heavy atom. The fraction of sp³-hybridized carbons (Fsp3) is 0.500. The summed E-state index contributed by atoms with van der Waals surface area (Å²) < 4.78 is 18.9. The summed E-state index contributed by atoms with van der Waals surface area (Å²) in [5, 5.41) is 11.0. The van der Waals surface area contributed by atoms with Crippen LogP contribution in [0.1, 0.15) is 51.6 Å². The second-order valence-electron chi connectivity index (χ2n) is 13.1. The van der Waals surface area contributed by atoms with Gasteiger partial charge in [0.25, 0.3) is 5.91 Å². The topological polar surface area (TPSA) is 144 Å². The smallest absolute Gasteiger partial charge is 0.257 e. The number of methoxy groups -OCH3 is 3. The highest BCUT2D eigenvalue weighted by molar-refractivity contribution is 7.09. The number of piperidine rings is 1. The van der Waals surface area contributed by atoms with Gasteiger partial charge in [-0.25, -0.2) is 9.97 Å². The predicted octanol–water partition coefficient (Wildman–Crippen LogP) is 3.52. The van der Waals surface area contributed by atoms with Gasteiger partial charge in [-0.2, -0.15) is 5.10 Å². The van der Waals surface area contributed by atoms with Gasteiger partial charge in [-0.05, 0) is 38.7 Å². The van der Waals surface area contributed by atoms with Gasteiger partial charge < -0.3 is 34.2 Å². The zero-order valence-corrected chi connectivity index (χ0v) is 31.0. The SMILES string of the molecule is COc1cc2nc3c(cc2c(OC)c1OC)CN(C(=O)c1cn(C)nc1C)CCN(C(=O)Cc1csc(C)n1)CCC(=O)NCC1CCCN3C1. The number of ether oxygens (including phenoxy) is 3. The zero-order chi connectivity index (χ0) is 36.2. The maximum atomic E-state index is 14.4. The number of fused-ring (bicyclic) bond motifs is 5. The number of benzene rings is 1. The third-order valence-corrected chi connectivity index (χ3v) is 10.4. The van der Waals surface area contributed by atoms with Crippen LogP contribution in [0.4, 0.5) is 5.82 Å². The van der Waals surface area contributed by atoms with Gasteiger partial charge in [-0.3, -0.25) is 19.1 Å². The van der Waals surface area contributed by atoms with Crippen LogP contribution in [0.2, 0.25) is 0 Å². The molecule has 1 saturated heterocycles. The number of rotatable bonds is 6. The quantitative estimate of drug-likeness (QED) is 0.315.